The fourth-order valence-electron chi connectivity index (χ4n) is 5.37. The molecule has 2 aliphatic rings. The predicted molar refractivity (Wildman–Crippen MR) is 141 cm³/mol. The summed E-state index contributed by atoms with van der Waals surface area (Å²) in [5.41, 5.74) is 1.57. The van der Waals surface area contributed by atoms with Crippen molar-refractivity contribution in [1.82, 2.24) is 0 Å². The highest BCUT2D eigenvalue weighted by molar-refractivity contribution is 6.22. The number of rotatable bonds is 7. The summed E-state index contributed by atoms with van der Waals surface area (Å²) in [6, 6.07) is 21.6. The molecule has 1 heterocycles. The van der Waals surface area contributed by atoms with Gasteiger partial charge in [0, 0.05) is 11.1 Å². The summed E-state index contributed by atoms with van der Waals surface area (Å²) in [7, 11) is 1.54. The summed E-state index contributed by atoms with van der Waals surface area (Å²) in [6.07, 6.45) is 1.24. The van der Waals surface area contributed by atoms with Crippen LogP contribution >= 0.6 is 0 Å². The van der Waals surface area contributed by atoms with Gasteiger partial charge < -0.3 is 9.47 Å². The molecule has 1 aliphatic carbocycles. The summed E-state index contributed by atoms with van der Waals surface area (Å²) in [5.74, 6) is -0.900. The predicted octanol–water partition coefficient (Wildman–Crippen LogP) is 5.40. The molecule has 0 aromatic heterocycles. The Morgan fingerprint density at radius 1 is 0.816 bits per heavy atom. The van der Waals surface area contributed by atoms with E-state index >= 15 is 0 Å². The second-order valence-corrected chi connectivity index (χ2v) is 9.98. The molecule has 0 N–H and O–H groups in total. The smallest absolute Gasteiger partial charge is 0.339 e. The lowest BCUT2D eigenvalue weighted by atomic mass is 9.76. The third-order valence-electron chi connectivity index (χ3n) is 7.49. The Morgan fingerprint density at radius 3 is 2.11 bits per heavy atom. The monoisotopic (exact) mass is 511 g/mol. The van der Waals surface area contributed by atoms with E-state index in [1.807, 2.05) is 6.07 Å². The van der Waals surface area contributed by atoms with Crippen LogP contribution in [0.25, 0.3) is 0 Å². The van der Waals surface area contributed by atoms with Crippen LogP contribution < -0.4 is 9.64 Å². The second kappa shape index (κ2) is 10.6. The summed E-state index contributed by atoms with van der Waals surface area (Å²) in [6.45, 7) is 2.11. The van der Waals surface area contributed by atoms with Crippen molar-refractivity contribution in [2.24, 2.45) is 17.8 Å². The van der Waals surface area contributed by atoms with Gasteiger partial charge in [-0.25, -0.2) is 4.79 Å². The van der Waals surface area contributed by atoms with E-state index in [-0.39, 0.29) is 35.0 Å². The van der Waals surface area contributed by atoms with Crippen LogP contribution in [0.5, 0.6) is 5.75 Å². The minimum atomic E-state index is -1.15. The maximum atomic E-state index is 13.4. The fourth-order valence-corrected chi connectivity index (χ4v) is 5.37. The van der Waals surface area contributed by atoms with E-state index < -0.39 is 12.1 Å². The highest BCUT2D eigenvalue weighted by Gasteiger charge is 2.50. The van der Waals surface area contributed by atoms with Crippen LogP contribution in [0.2, 0.25) is 0 Å². The van der Waals surface area contributed by atoms with Gasteiger partial charge in [0.15, 0.2) is 6.10 Å². The number of benzene rings is 3. The average Bonchev–Trinajstić information content (AvgIpc) is 3.20. The molecule has 2 amide bonds. The van der Waals surface area contributed by atoms with E-state index in [1.165, 1.54) is 17.0 Å². The van der Waals surface area contributed by atoms with Crippen molar-refractivity contribution in [1.29, 1.82) is 0 Å². The molecule has 0 unspecified atom stereocenters. The van der Waals surface area contributed by atoms with E-state index in [2.05, 4.69) is 6.92 Å². The normalized spacial score (nSPS) is 21.5. The zero-order chi connectivity index (χ0) is 26.8. The average molecular weight is 512 g/mol. The number of imide groups is 1. The number of esters is 1. The van der Waals surface area contributed by atoms with E-state index in [0.29, 0.717) is 28.5 Å². The number of Topliss-reactive ketones (excluding diaryl/α,β-unsaturated/α-hetero) is 1. The number of fused-ring (bicyclic) bond motifs is 1. The Labute approximate surface area is 221 Å². The van der Waals surface area contributed by atoms with E-state index in [0.717, 1.165) is 19.3 Å². The highest BCUT2D eigenvalue weighted by Crippen LogP contribution is 2.42. The summed E-state index contributed by atoms with van der Waals surface area (Å²) < 4.78 is 10.9. The summed E-state index contributed by atoms with van der Waals surface area (Å²) >= 11 is 0. The van der Waals surface area contributed by atoms with Crippen molar-refractivity contribution in [2.45, 2.75) is 32.3 Å². The minimum absolute atomic E-state index is 0.170. The maximum Gasteiger partial charge on any atom is 0.339 e. The van der Waals surface area contributed by atoms with Crippen molar-refractivity contribution < 1.29 is 28.7 Å². The molecule has 3 aromatic rings. The summed E-state index contributed by atoms with van der Waals surface area (Å²) in [5, 5.41) is 0. The van der Waals surface area contributed by atoms with Gasteiger partial charge in [0.05, 0.1) is 30.2 Å². The number of carbonyl (C=O) groups is 4. The van der Waals surface area contributed by atoms with E-state index in [9.17, 15) is 19.2 Å². The lowest BCUT2D eigenvalue weighted by Crippen LogP contribution is -2.30. The Kier molecular flexibility index (Phi) is 7.09. The molecular formula is C31H29NO6. The maximum absolute atomic E-state index is 13.4. The number of ether oxygens (including phenoxy) is 2. The van der Waals surface area contributed by atoms with Gasteiger partial charge in [-0.2, -0.15) is 0 Å². The first kappa shape index (κ1) is 25.4. The van der Waals surface area contributed by atoms with E-state index in [1.54, 1.807) is 67.8 Å². The van der Waals surface area contributed by atoms with Crippen molar-refractivity contribution in [2.75, 3.05) is 12.0 Å². The van der Waals surface area contributed by atoms with Crippen LogP contribution in [0.4, 0.5) is 5.69 Å². The van der Waals surface area contributed by atoms with Gasteiger partial charge in [0.2, 0.25) is 17.6 Å². The van der Waals surface area contributed by atoms with E-state index in [4.69, 9.17) is 9.47 Å². The molecular weight excluding hydrogens is 482 g/mol. The third kappa shape index (κ3) is 4.84. The number of carbonyl (C=O) groups excluding carboxylic acids is 4. The van der Waals surface area contributed by atoms with Gasteiger partial charge in [-0.3, -0.25) is 19.3 Å². The molecule has 0 bridgehead atoms. The Morgan fingerprint density at radius 2 is 1.45 bits per heavy atom. The lowest BCUT2D eigenvalue weighted by molar-refractivity contribution is -0.122. The first-order valence-corrected chi connectivity index (χ1v) is 12.8. The van der Waals surface area contributed by atoms with Crippen molar-refractivity contribution >= 4 is 29.3 Å². The lowest BCUT2D eigenvalue weighted by Gasteiger charge is -2.25. The molecule has 1 saturated carbocycles. The van der Waals surface area contributed by atoms with Gasteiger partial charge >= 0.3 is 5.97 Å². The standard InChI is InChI=1S/C31H29NO6/c1-19-8-17-25-26(18-19)30(35)32(29(25)34)23-13-9-22(10-14-23)31(36)38-28(21-6-4-3-5-7-21)27(33)20-11-15-24(37-2)16-12-20/h3-7,9-16,19,25-26,28H,8,17-18H2,1-2H3/t19-,25+,26+,28+/m0/s1. The molecule has 1 saturated heterocycles. The number of amides is 2. The molecule has 194 valence electrons. The van der Waals surface area contributed by atoms with Crippen molar-refractivity contribution in [3.8, 4) is 5.75 Å². The first-order chi connectivity index (χ1) is 18.4. The van der Waals surface area contributed by atoms with Gasteiger partial charge in [0.25, 0.3) is 0 Å². The minimum Gasteiger partial charge on any atom is -0.497 e. The Balaban J connectivity index is 1.35. The molecule has 4 atom stereocenters. The van der Waals surface area contributed by atoms with Crippen LogP contribution in [-0.2, 0) is 14.3 Å². The number of anilines is 1. The molecule has 1 aliphatic heterocycles. The van der Waals surface area contributed by atoms with Gasteiger partial charge in [-0.1, -0.05) is 37.3 Å². The molecule has 0 spiro atoms. The molecule has 0 radical (unpaired) electrons. The van der Waals surface area contributed by atoms with Gasteiger partial charge in [-0.15, -0.1) is 0 Å². The quantitative estimate of drug-likeness (QED) is 0.240. The number of hydrogen-bond acceptors (Lipinski definition) is 6. The zero-order valence-corrected chi connectivity index (χ0v) is 21.3. The topological polar surface area (TPSA) is 90.0 Å². The molecule has 3 aromatic carbocycles. The molecule has 7 nitrogen and oxygen atoms in total. The van der Waals surface area contributed by atoms with Crippen LogP contribution in [0.3, 0.4) is 0 Å². The largest absolute Gasteiger partial charge is 0.497 e. The SMILES string of the molecule is COc1ccc(C(=O)[C@H](OC(=O)c2ccc(N3C(=O)[C@@H]4CC[C@H](C)C[C@H]4C3=O)cc2)c2ccccc2)cc1. The molecule has 38 heavy (non-hydrogen) atoms. The molecule has 5 rings (SSSR count). The number of nitrogens with zero attached hydrogens (tertiary/aromatic N) is 1. The van der Waals surface area contributed by atoms with Gasteiger partial charge in [-0.05, 0) is 73.7 Å². The third-order valence-corrected chi connectivity index (χ3v) is 7.49. The number of hydrogen-bond donors (Lipinski definition) is 0. The second-order valence-electron chi connectivity index (χ2n) is 9.98. The zero-order valence-electron chi connectivity index (χ0n) is 21.3. The van der Waals surface area contributed by atoms with Crippen molar-refractivity contribution in [3.05, 3.63) is 95.6 Å². The first-order valence-electron chi connectivity index (χ1n) is 12.8. The van der Waals surface area contributed by atoms with Crippen LogP contribution in [0, 0.1) is 17.8 Å². The van der Waals surface area contributed by atoms with Crippen LogP contribution in [0.1, 0.15) is 58.6 Å². The fraction of sp³-hybridized carbons (Fsp3) is 0.290. The van der Waals surface area contributed by atoms with Gasteiger partial charge in [0.1, 0.15) is 5.75 Å². The van der Waals surface area contributed by atoms with Crippen molar-refractivity contribution in [3.63, 3.8) is 0 Å². The van der Waals surface area contributed by atoms with Crippen LogP contribution in [-0.4, -0.2) is 30.7 Å². The number of methoxy groups -OCH3 is 1. The Bertz CT molecular complexity index is 1350. The molecule has 2 fully saturated rings. The number of ketones is 1. The summed E-state index contributed by atoms with van der Waals surface area (Å²) in [4.78, 5) is 53.8. The Hall–Kier alpha value is -4.26. The highest BCUT2D eigenvalue weighted by atomic mass is 16.5. The molecule has 7 heteroatoms. The van der Waals surface area contributed by atoms with Crippen LogP contribution in [0.15, 0.2) is 78.9 Å².